The summed E-state index contributed by atoms with van der Waals surface area (Å²) in [6.07, 6.45) is 0.0690. The van der Waals surface area contributed by atoms with Crippen LogP contribution in [0.2, 0.25) is 0 Å². The number of aryl methyl sites for hydroxylation is 1. The van der Waals surface area contributed by atoms with E-state index in [9.17, 15) is 19.2 Å². The topological polar surface area (TPSA) is 119 Å². The summed E-state index contributed by atoms with van der Waals surface area (Å²) < 4.78 is 10.1. The summed E-state index contributed by atoms with van der Waals surface area (Å²) in [5.74, 6) is -1.32. The molecule has 2 heterocycles. The van der Waals surface area contributed by atoms with Crippen LogP contribution in [0.5, 0.6) is 0 Å². The van der Waals surface area contributed by atoms with E-state index in [0.29, 0.717) is 18.1 Å². The quantitative estimate of drug-likeness (QED) is 0.512. The van der Waals surface area contributed by atoms with E-state index in [1.165, 1.54) is 0 Å². The summed E-state index contributed by atoms with van der Waals surface area (Å²) in [6, 6.07) is 8.93. The molecular formula is C26H32N4O6. The summed E-state index contributed by atoms with van der Waals surface area (Å²) in [5.41, 5.74) is 1.10. The van der Waals surface area contributed by atoms with Crippen LogP contribution in [-0.2, 0) is 19.1 Å². The third kappa shape index (κ3) is 6.24. The number of rotatable bonds is 8. The van der Waals surface area contributed by atoms with Gasteiger partial charge in [0.25, 0.3) is 5.91 Å². The lowest BCUT2D eigenvalue weighted by atomic mass is 10.1. The van der Waals surface area contributed by atoms with Crippen molar-refractivity contribution in [2.24, 2.45) is 0 Å². The first kappa shape index (κ1) is 26.8. The van der Waals surface area contributed by atoms with Crippen molar-refractivity contribution in [2.45, 2.75) is 46.6 Å². The molecule has 2 aromatic rings. The second-order valence-corrected chi connectivity index (χ2v) is 8.44. The highest BCUT2D eigenvalue weighted by molar-refractivity contribution is 6.05. The van der Waals surface area contributed by atoms with E-state index in [1.807, 2.05) is 37.3 Å². The Bertz CT molecular complexity index is 1120. The third-order valence-electron chi connectivity index (χ3n) is 5.89. The number of hydrogen-bond donors (Lipinski definition) is 0. The molecule has 0 radical (unpaired) electrons. The maximum Gasteiger partial charge on any atom is 0.342 e. The van der Waals surface area contributed by atoms with Crippen molar-refractivity contribution < 1.29 is 28.7 Å². The number of nitrogens with zero attached hydrogens (tertiary/aromatic N) is 4. The Morgan fingerprint density at radius 1 is 0.972 bits per heavy atom. The molecule has 1 atom stereocenters. The van der Waals surface area contributed by atoms with Gasteiger partial charge in [-0.1, -0.05) is 30.3 Å². The average molecular weight is 497 g/mol. The molecule has 10 nitrogen and oxygen atoms in total. The van der Waals surface area contributed by atoms with Crippen LogP contribution in [0.3, 0.4) is 0 Å². The molecule has 1 unspecified atom stereocenters. The molecule has 36 heavy (non-hydrogen) atoms. The van der Waals surface area contributed by atoms with E-state index in [1.54, 1.807) is 30.6 Å². The largest absolute Gasteiger partial charge is 0.466 e. The molecule has 0 bridgehead atoms. The Morgan fingerprint density at radius 3 is 2.31 bits per heavy atom. The Balaban J connectivity index is 1.82. The summed E-state index contributed by atoms with van der Waals surface area (Å²) >= 11 is 0. The standard InChI is InChI=1S/C26H32N4O6/c1-5-35-21(32)13-12-20(31)30-15-14-29(16-17(30)3)25(33)23-22(26(34)36-6-2)18(4)27-24(28-23)19-10-8-7-9-11-19/h7-11,17H,5-6,12-16H2,1-4H3. The third-order valence-corrected chi connectivity index (χ3v) is 5.89. The number of hydrogen-bond acceptors (Lipinski definition) is 8. The van der Waals surface area contributed by atoms with Crippen LogP contribution in [0.25, 0.3) is 11.4 Å². The van der Waals surface area contributed by atoms with E-state index >= 15 is 0 Å². The molecule has 0 N–H and O–H groups in total. The molecule has 0 spiro atoms. The van der Waals surface area contributed by atoms with Crippen molar-refractivity contribution in [3.63, 3.8) is 0 Å². The maximum atomic E-state index is 13.6. The Labute approximate surface area is 210 Å². The van der Waals surface area contributed by atoms with Crippen LogP contribution in [0.4, 0.5) is 0 Å². The van der Waals surface area contributed by atoms with Crippen LogP contribution < -0.4 is 0 Å². The van der Waals surface area contributed by atoms with E-state index in [-0.39, 0.29) is 62.4 Å². The summed E-state index contributed by atoms with van der Waals surface area (Å²) in [6.45, 7) is 8.15. The van der Waals surface area contributed by atoms with Gasteiger partial charge in [-0.2, -0.15) is 0 Å². The average Bonchev–Trinajstić information content (AvgIpc) is 2.87. The SMILES string of the molecule is CCOC(=O)CCC(=O)N1CCN(C(=O)c2nc(-c3ccccc3)nc(C)c2C(=O)OCC)CC1C. The molecule has 1 aliphatic rings. The number of aromatic nitrogens is 2. The van der Waals surface area contributed by atoms with Gasteiger partial charge in [0.2, 0.25) is 5.91 Å². The van der Waals surface area contributed by atoms with Crippen LogP contribution in [0.15, 0.2) is 30.3 Å². The zero-order valence-corrected chi connectivity index (χ0v) is 21.2. The van der Waals surface area contributed by atoms with E-state index in [0.717, 1.165) is 5.56 Å². The number of amides is 2. The van der Waals surface area contributed by atoms with E-state index in [2.05, 4.69) is 9.97 Å². The minimum Gasteiger partial charge on any atom is -0.466 e. The van der Waals surface area contributed by atoms with E-state index in [4.69, 9.17) is 9.47 Å². The lowest BCUT2D eigenvalue weighted by Gasteiger charge is -2.40. The molecule has 1 saturated heterocycles. The van der Waals surface area contributed by atoms with Crippen molar-refractivity contribution >= 4 is 23.8 Å². The zero-order chi connectivity index (χ0) is 26.2. The zero-order valence-electron chi connectivity index (χ0n) is 21.2. The van der Waals surface area contributed by atoms with Gasteiger partial charge in [0, 0.05) is 37.7 Å². The molecule has 1 aromatic heterocycles. The molecule has 10 heteroatoms. The number of ether oxygens (including phenoxy) is 2. The fourth-order valence-corrected chi connectivity index (χ4v) is 4.14. The molecule has 0 aliphatic carbocycles. The molecule has 1 fully saturated rings. The van der Waals surface area contributed by atoms with E-state index < -0.39 is 17.8 Å². The molecule has 1 aliphatic heterocycles. The van der Waals surface area contributed by atoms with Crippen LogP contribution in [-0.4, -0.2) is 82.4 Å². The first-order valence-electron chi connectivity index (χ1n) is 12.1. The minimum absolute atomic E-state index is 0.0178. The van der Waals surface area contributed by atoms with Gasteiger partial charge in [0.05, 0.1) is 25.3 Å². The van der Waals surface area contributed by atoms with Gasteiger partial charge in [-0.05, 0) is 27.7 Å². The first-order chi connectivity index (χ1) is 17.3. The number of benzene rings is 1. The van der Waals surface area contributed by atoms with Gasteiger partial charge in [-0.15, -0.1) is 0 Å². The highest BCUT2D eigenvalue weighted by atomic mass is 16.5. The normalized spacial score (nSPS) is 15.4. The monoisotopic (exact) mass is 496 g/mol. The van der Waals surface area contributed by atoms with Crippen molar-refractivity contribution in [1.82, 2.24) is 19.8 Å². The molecule has 1 aromatic carbocycles. The lowest BCUT2D eigenvalue weighted by Crippen LogP contribution is -2.55. The Kier molecular flexibility index (Phi) is 9.10. The number of carbonyl (C=O) groups is 4. The smallest absolute Gasteiger partial charge is 0.342 e. The highest BCUT2D eigenvalue weighted by Gasteiger charge is 2.34. The van der Waals surface area contributed by atoms with Crippen molar-refractivity contribution in [1.29, 1.82) is 0 Å². The predicted molar refractivity (Wildman–Crippen MR) is 131 cm³/mol. The van der Waals surface area contributed by atoms with Gasteiger partial charge in [0.15, 0.2) is 5.82 Å². The van der Waals surface area contributed by atoms with Crippen LogP contribution >= 0.6 is 0 Å². The first-order valence-corrected chi connectivity index (χ1v) is 12.1. The summed E-state index contributed by atoms with van der Waals surface area (Å²) in [4.78, 5) is 62.8. The fraction of sp³-hybridized carbons (Fsp3) is 0.462. The lowest BCUT2D eigenvalue weighted by molar-refractivity contribution is -0.146. The summed E-state index contributed by atoms with van der Waals surface area (Å²) in [5, 5.41) is 0. The van der Waals surface area contributed by atoms with Gasteiger partial charge in [0.1, 0.15) is 11.3 Å². The number of piperazine rings is 1. The number of esters is 2. The number of carbonyl (C=O) groups excluding carboxylic acids is 4. The van der Waals surface area contributed by atoms with Gasteiger partial charge in [-0.25, -0.2) is 14.8 Å². The Morgan fingerprint density at radius 2 is 1.67 bits per heavy atom. The molecule has 0 saturated carbocycles. The van der Waals surface area contributed by atoms with Crippen LogP contribution in [0, 0.1) is 6.92 Å². The predicted octanol–water partition coefficient (Wildman–Crippen LogP) is 2.64. The van der Waals surface area contributed by atoms with Crippen molar-refractivity contribution in [2.75, 3.05) is 32.8 Å². The molecular weight excluding hydrogens is 464 g/mol. The Hall–Kier alpha value is -3.82. The minimum atomic E-state index is -0.654. The molecule has 2 amide bonds. The fourth-order valence-electron chi connectivity index (χ4n) is 4.14. The molecule has 192 valence electrons. The highest BCUT2D eigenvalue weighted by Crippen LogP contribution is 2.23. The van der Waals surface area contributed by atoms with Crippen molar-refractivity contribution in [3.05, 3.63) is 47.3 Å². The summed E-state index contributed by atoms with van der Waals surface area (Å²) in [7, 11) is 0. The van der Waals surface area contributed by atoms with Gasteiger partial charge >= 0.3 is 11.9 Å². The van der Waals surface area contributed by atoms with Crippen LogP contribution in [0.1, 0.15) is 60.2 Å². The van der Waals surface area contributed by atoms with Gasteiger partial charge < -0.3 is 19.3 Å². The maximum absolute atomic E-state index is 13.6. The van der Waals surface area contributed by atoms with Crippen molar-refractivity contribution in [3.8, 4) is 11.4 Å². The van der Waals surface area contributed by atoms with Gasteiger partial charge in [-0.3, -0.25) is 14.4 Å². The second kappa shape index (κ2) is 12.2. The molecule has 3 rings (SSSR count). The second-order valence-electron chi connectivity index (χ2n) is 8.44.